The quantitative estimate of drug-likeness (QED) is 0.429. The molecule has 0 fully saturated rings. The van der Waals surface area contributed by atoms with E-state index in [2.05, 4.69) is 34.9 Å². The fourth-order valence-corrected chi connectivity index (χ4v) is 4.45. The first-order valence-electron chi connectivity index (χ1n) is 11.7. The Hall–Kier alpha value is -4.13. The van der Waals surface area contributed by atoms with Gasteiger partial charge in [0.2, 0.25) is 5.91 Å². The Labute approximate surface area is 204 Å². The van der Waals surface area contributed by atoms with Crippen molar-refractivity contribution in [2.45, 2.75) is 31.7 Å². The minimum Gasteiger partial charge on any atom is -0.478 e. The van der Waals surface area contributed by atoms with Crippen molar-refractivity contribution in [1.82, 2.24) is 10.6 Å². The van der Waals surface area contributed by atoms with Gasteiger partial charge in [0, 0.05) is 12.5 Å². The highest BCUT2D eigenvalue weighted by atomic mass is 16.5. The van der Waals surface area contributed by atoms with E-state index >= 15 is 0 Å². The Morgan fingerprint density at radius 1 is 0.943 bits per heavy atom. The first-order chi connectivity index (χ1) is 17.0. The van der Waals surface area contributed by atoms with Crippen LogP contribution in [0.3, 0.4) is 0 Å². The minimum atomic E-state index is -0.991. The second-order valence-electron chi connectivity index (χ2n) is 8.48. The smallest absolute Gasteiger partial charge is 0.407 e. The van der Waals surface area contributed by atoms with E-state index in [0.29, 0.717) is 19.4 Å². The zero-order valence-electron chi connectivity index (χ0n) is 19.5. The molecule has 3 aromatic rings. The molecular formula is C28H28N2O5. The first kappa shape index (κ1) is 24.0. The number of hydrogen-bond acceptors (Lipinski definition) is 4. The summed E-state index contributed by atoms with van der Waals surface area (Å²) in [7, 11) is 0. The molecule has 0 saturated heterocycles. The molecule has 0 unspecified atom stereocenters. The third-order valence-corrected chi connectivity index (χ3v) is 6.25. The lowest BCUT2D eigenvalue weighted by atomic mass is 9.98. The molecule has 0 spiro atoms. The summed E-state index contributed by atoms with van der Waals surface area (Å²) in [4.78, 5) is 36.2. The highest BCUT2D eigenvalue weighted by Gasteiger charge is 2.29. The van der Waals surface area contributed by atoms with Gasteiger partial charge in [0.15, 0.2) is 0 Å². The number of carboxylic acid groups (broad SMARTS) is 1. The van der Waals surface area contributed by atoms with Crippen LogP contribution < -0.4 is 10.6 Å². The Balaban J connectivity index is 1.29. The van der Waals surface area contributed by atoms with Gasteiger partial charge >= 0.3 is 12.1 Å². The van der Waals surface area contributed by atoms with E-state index in [4.69, 9.17) is 9.84 Å². The van der Waals surface area contributed by atoms with Crippen LogP contribution in [0.25, 0.3) is 11.1 Å². The van der Waals surface area contributed by atoms with Crippen molar-refractivity contribution in [1.29, 1.82) is 0 Å². The number of hydrogen-bond donors (Lipinski definition) is 3. The molecule has 0 saturated carbocycles. The van der Waals surface area contributed by atoms with E-state index in [-0.39, 0.29) is 24.0 Å². The fraction of sp³-hybridized carbons (Fsp3) is 0.250. The summed E-state index contributed by atoms with van der Waals surface area (Å²) in [5.74, 6) is -1.35. The van der Waals surface area contributed by atoms with Crippen molar-refractivity contribution in [2.24, 2.45) is 0 Å². The normalized spacial score (nSPS) is 12.8. The molecular weight excluding hydrogens is 444 g/mol. The molecule has 0 radical (unpaired) electrons. The highest BCUT2D eigenvalue weighted by Crippen LogP contribution is 2.44. The molecule has 1 atom stereocenters. The topological polar surface area (TPSA) is 105 Å². The van der Waals surface area contributed by atoms with Gasteiger partial charge in [-0.05, 0) is 52.8 Å². The van der Waals surface area contributed by atoms with Crippen molar-refractivity contribution in [3.05, 3.63) is 95.1 Å². The summed E-state index contributed by atoms with van der Waals surface area (Å²) >= 11 is 0. The summed E-state index contributed by atoms with van der Waals surface area (Å²) in [6, 6.07) is 22.1. The average molecular weight is 473 g/mol. The van der Waals surface area contributed by atoms with Gasteiger partial charge in [0.05, 0.1) is 5.56 Å². The number of nitrogens with one attached hydrogen (secondary N) is 2. The van der Waals surface area contributed by atoms with Gasteiger partial charge in [-0.15, -0.1) is 0 Å². The maximum Gasteiger partial charge on any atom is 0.407 e. The molecule has 35 heavy (non-hydrogen) atoms. The SMILES string of the molecule is CC[C@@H](NC(=O)OCC1c2ccccc2-c2ccccc21)C(=O)NCCc1cccc(C(=O)O)c1. The molecule has 0 aliphatic heterocycles. The van der Waals surface area contributed by atoms with Crippen LogP contribution in [-0.4, -0.2) is 42.3 Å². The number of ether oxygens (including phenoxy) is 1. The first-order valence-corrected chi connectivity index (χ1v) is 11.7. The number of alkyl carbamates (subject to hydrolysis) is 1. The third-order valence-electron chi connectivity index (χ3n) is 6.25. The molecule has 1 aliphatic rings. The zero-order valence-corrected chi connectivity index (χ0v) is 19.5. The van der Waals surface area contributed by atoms with Gasteiger partial charge in [-0.2, -0.15) is 0 Å². The summed E-state index contributed by atoms with van der Waals surface area (Å²) in [5, 5.41) is 14.6. The Bertz CT molecular complexity index is 1190. The van der Waals surface area contributed by atoms with Crippen molar-refractivity contribution < 1.29 is 24.2 Å². The predicted molar refractivity (Wildman–Crippen MR) is 132 cm³/mol. The van der Waals surface area contributed by atoms with E-state index in [1.807, 2.05) is 37.3 Å². The Kier molecular flexibility index (Phi) is 7.45. The van der Waals surface area contributed by atoms with Crippen molar-refractivity contribution in [2.75, 3.05) is 13.2 Å². The Morgan fingerprint density at radius 3 is 2.23 bits per heavy atom. The zero-order chi connectivity index (χ0) is 24.8. The summed E-state index contributed by atoms with van der Waals surface area (Å²) in [6.45, 7) is 2.31. The van der Waals surface area contributed by atoms with Crippen molar-refractivity contribution in [3.63, 3.8) is 0 Å². The lowest BCUT2D eigenvalue weighted by Gasteiger charge is -2.18. The maximum atomic E-state index is 12.6. The lowest BCUT2D eigenvalue weighted by molar-refractivity contribution is -0.123. The van der Waals surface area contributed by atoms with Crippen LogP contribution in [0, 0.1) is 0 Å². The number of carbonyl (C=O) groups excluding carboxylic acids is 2. The van der Waals surface area contributed by atoms with E-state index in [1.54, 1.807) is 12.1 Å². The van der Waals surface area contributed by atoms with Crippen LogP contribution in [-0.2, 0) is 16.0 Å². The summed E-state index contributed by atoms with van der Waals surface area (Å²) in [5.41, 5.74) is 5.56. The number of benzene rings is 3. The van der Waals surface area contributed by atoms with Gasteiger partial charge in [0.1, 0.15) is 12.6 Å². The molecule has 4 rings (SSSR count). The molecule has 180 valence electrons. The van der Waals surface area contributed by atoms with Gasteiger partial charge in [0.25, 0.3) is 0 Å². The van der Waals surface area contributed by atoms with Crippen LogP contribution in [0.4, 0.5) is 4.79 Å². The number of carboxylic acids is 1. The molecule has 0 heterocycles. The molecule has 0 aromatic heterocycles. The number of rotatable bonds is 9. The highest BCUT2D eigenvalue weighted by molar-refractivity contribution is 5.88. The fourth-order valence-electron chi connectivity index (χ4n) is 4.45. The van der Waals surface area contributed by atoms with E-state index < -0.39 is 18.1 Å². The standard InChI is InChI=1S/C28H28N2O5/c1-2-25(26(31)29-15-14-18-8-7-9-19(16-18)27(32)33)30-28(34)35-17-24-22-12-5-3-10-20(22)21-11-4-6-13-23(21)24/h3-13,16,24-25H,2,14-15,17H2,1H3,(H,29,31)(H,30,34)(H,32,33)/t25-/m1/s1. The van der Waals surface area contributed by atoms with Crippen LogP contribution in [0.5, 0.6) is 0 Å². The minimum absolute atomic E-state index is 0.0522. The van der Waals surface area contributed by atoms with Crippen LogP contribution in [0.15, 0.2) is 72.8 Å². The van der Waals surface area contributed by atoms with Crippen LogP contribution in [0.2, 0.25) is 0 Å². The monoisotopic (exact) mass is 472 g/mol. The van der Waals surface area contributed by atoms with Crippen molar-refractivity contribution in [3.8, 4) is 11.1 Å². The Morgan fingerprint density at radius 2 is 1.60 bits per heavy atom. The van der Waals surface area contributed by atoms with Crippen LogP contribution in [0.1, 0.15) is 46.3 Å². The average Bonchev–Trinajstić information content (AvgIpc) is 3.19. The second-order valence-corrected chi connectivity index (χ2v) is 8.48. The maximum absolute atomic E-state index is 12.6. The predicted octanol–water partition coefficient (Wildman–Crippen LogP) is 4.36. The molecule has 1 aliphatic carbocycles. The molecule has 3 aromatic carbocycles. The van der Waals surface area contributed by atoms with E-state index in [9.17, 15) is 14.4 Å². The van der Waals surface area contributed by atoms with Gasteiger partial charge < -0.3 is 20.5 Å². The van der Waals surface area contributed by atoms with E-state index in [0.717, 1.165) is 27.8 Å². The second kappa shape index (κ2) is 10.9. The molecule has 0 bridgehead atoms. The van der Waals surface area contributed by atoms with Gasteiger partial charge in [-0.3, -0.25) is 4.79 Å². The van der Waals surface area contributed by atoms with Crippen LogP contribution >= 0.6 is 0 Å². The molecule has 7 heteroatoms. The largest absolute Gasteiger partial charge is 0.478 e. The summed E-state index contributed by atoms with van der Waals surface area (Å²) in [6.07, 6.45) is 0.252. The van der Waals surface area contributed by atoms with Gasteiger partial charge in [-0.1, -0.05) is 67.6 Å². The van der Waals surface area contributed by atoms with Gasteiger partial charge in [-0.25, -0.2) is 9.59 Å². The van der Waals surface area contributed by atoms with Crippen molar-refractivity contribution >= 4 is 18.0 Å². The number of carbonyl (C=O) groups is 3. The lowest BCUT2D eigenvalue weighted by Crippen LogP contribution is -2.47. The molecule has 2 amide bonds. The third kappa shape index (κ3) is 5.51. The number of fused-ring (bicyclic) bond motifs is 3. The number of aromatic carboxylic acids is 1. The molecule has 7 nitrogen and oxygen atoms in total. The number of amides is 2. The van der Waals surface area contributed by atoms with E-state index in [1.165, 1.54) is 6.07 Å². The molecule has 3 N–H and O–H groups in total. The summed E-state index contributed by atoms with van der Waals surface area (Å²) < 4.78 is 5.55.